The van der Waals surface area contributed by atoms with E-state index in [4.69, 9.17) is 17.0 Å². The smallest absolute Gasteiger partial charge is 0.166 e. The topological polar surface area (TPSA) is 33.3 Å². The van der Waals surface area contributed by atoms with Gasteiger partial charge in [0.15, 0.2) is 5.11 Å². The second kappa shape index (κ2) is 5.12. The van der Waals surface area contributed by atoms with Gasteiger partial charge in [-0.25, -0.2) is 0 Å². The van der Waals surface area contributed by atoms with Crippen LogP contribution in [0.4, 0.5) is 0 Å². The van der Waals surface area contributed by atoms with Gasteiger partial charge in [0.25, 0.3) is 0 Å². The summed E-state index contributed by atoms with van der Waals surface area (Å²) in [5.41, 5.74) is 0. The molecular formula is C11H20N2OS. The van der Waals surface area contributed by atoms with Crippen LogP contribution in [0.25, 0.3) is 0 Å². The summed E-state index contributed by atoms with van der Waals surface area (Å²) in [6, 6.07) is 1.11. The Bertz CT molecular complexity index is 225. The lowest BCUT2D eigenvalue weighted by Gasteiger charge is -2.29. The largest absolute Gasteiger partial charge is 0.381 e. The Morgan fingerprint density at radius 3 is 2.53 bits per heavy atom. The summed E-state index contributed by atoms with van der Waals surface area (Å²) in [6.07, 6.45) is 4.85. The third kappa shape index (κ3) is 3.61. The molecule has 1 aliphatic heterocycles. The first-order chi connectivity index (χ1) is 7.25. The summed E-state index contributed by atoms with van der Waals surface area (Å²) in [6.45, 7) is 4.02. The van der Waals surface area contributed by atoms with Crippen LogP contribution in [-0.2, 0) is 4.74 Å². The third-order valence-electron chi connectivity index (χ3n) is 3.24. The van der Waals surface area contributed by atoms with Crippen LogP contribution in [0.15, 0.2) is 0 Å². The van der Waals surface area contributed by atoms with Gasteiger partial charge in [-0.3, -0.25) is 0 Å². The molecule has 15 heavy (non-hydrogen) atoms. The zero-order valence-corrected chi connectivity index (χ0v) is 10.1. The van der Waals surface area contributed by atoms with Crippen molar-refractivity contribution < 1.29 is 4.74 Å². The van der Waals surface area contributed by atoms with Gasteiger partial charge >= 0.3 is 0 Å². The molecule has 2 rings (SSSR count). The Kier molecular flexibility index (Phi) is 3.81. The molecule has 0 spiro atoms. The van der Waals surface area contributed by atoms with Gasteiger partial charge in [0.1, 0.15) is 0 Å². The standard InChI is InChI=1S/C11H20N2OS/c1-8(9-4-6-14-7-5-9)12-11(15)13-10-2-3-10/h8-10H,2-7H2,1H3,(H2,12,13,15). The molecule has 0 amide bonds. The highest BCUT2D eigenvalue weighted by atomic mass is 32.1. The Labute approximate surface area is 96.9 Å². The molecule has 2 fully saturated rings. The summed E-state index contributed by atoms with van der Waals surface area (Å²) in [5.74, 6) is 0.706. The molecule has 0 aromatic rings. The van der Waals surface area contributed by atoms with Crippen LogP contribution in [0.2, 0.25) is 0 Å². The molecule has 1 heterocycles. The second-order valence-electron chi connectivity index (χ2n) is 4.63. The van der Waals surface area contributed by atoms with Crippen molar-refractivity contribution in [2.75, 3.05) is 13.2 Å². The molecule has 1 aliphatic carbocycles. The normalized spacial score (nSPS) is 24.6. The van der Waals surface area contributed by atoms with E-state index in [1.807, 2.05) is 0 Å². The van der Waals surface area contributed by atoms with E-state index in [-0.39, 0.29) is 0 Å². The first kappa shape index (κ1) is 11.1. The maximum atomic E-state index is 5.35. The number of ether oxygens (including phenoxy) is 1. The Hall–Kier alpha value is -0.350. The van der Waals surface area contributed by atoms with Crippen LogP contribution >= 0.6 is 12.2 Å². The molecule has 1 atom stereocenters. The number of hydrogen-bond donors (Lipinski definition) is 2. The zero-order chi connectivity index (χ0) is 10.7. The monoisotopic (exact) mass is 228 g/mol. The van der Waals surface area contributed by atoms with Crippen molar-refractivity contribution in [1.29, 1.82) is 0 Å². The highest BCUT2D eigenvalue weighted by Gasteiger charge is 2.24. The van der Waals surface area contributed by atoms with Crippen molar-refractivity contribution in [3.63, 3.8) is 0 Å². The van der Waals surface area contributed by atoms with Crippen molar-refractivity contribution >= 4 is 17.3 Å². The zero-order valence-electron chi connectivity index (χ0n) is 9.29. The lowest BCUT2D eigenvalue weighted by molar-refractivity contribution is 0.0582. The van der Waals surface area contributed by atoms with E-state index >= 15 is 0 Å². The summed E-state index contributed by atoms with van der Waals surface area (Å²) in [4.78, 5) is 0. The van der Waals surface area contributed by atoms with Gasteiger partial charge in [0.05, 0.1) is 0 Å². The SMILES string of the molecule is CC(NC(=S)NC1CC1)C1CCOCC1. The van der Waals surface area contributed by atoms with Crippen molar-refractivity contribution in [2.45, 2.75) is 44.7 Å². The fraction of sp³-hybridized carbons (Fsp3) is 0.909. The molecule has 1 unspecified atom stereocenters. The van der Waals surface area contributed by atoms with E-state index in [2.05, 4.69) is 17.6 Å². The van der Waals surface area contributed by atoms with Crippen LogP contribution in [0, 0.1) is 5.92 Å². The van der Waals surface area contributed by atoms with Crippen molar-refractivity contribution in [1.82, 2.24) is 10.6 Å². The summed E-state index contributed by atoms with van der Waals surface area (Å²) in [5, 5.41) is 7.53. The molecule has 2 aliphatic rings. The van der Waals surface area contributed by atoms with Gasteiger partial charge in [0.2, 0.25) is 0 Å². The van der Waals surface area contributed by atoms with E-state index in [1.54, 1.807) is 0 Å². The lowest BCUT2D eigenvalue weighted by Crippen LogP contribution is -2.45. The van der Waals surface area contributed by atoms with Gasteiger partial charge in [0, 0.05) is 25.3 Å². The molecule has 3 nitrogen and oxygen atoms in total. The van der Waals surface area contributed by atoms with Crippen LogP contribution in [0.3, 0.4) is 0 Å². The summed E-state index contributed by atoms with van der Waals surface area (Å²) >= 11 is 5.26. The molecule has 0 bridgehead atoms. The predicted molar refractivity (Wildman–Crippen MR) is 64.9 cm³/mol. The average molecular weight is 228 g/mol. The maximum Gasteiger partial charge on any atom is 0.166 e. The second-order valence-corrected chi connectivity index (χ2v) is 5.04. The van der Waals surface area contributed by atoms with Gasteiger partial charge < -0.3 is 15.4 Å². The van der Waals surface area contributed by atoms with Crippen LogP contribution in [0.5, 0.6) is 0 Å². The number of hydrogen-bond acceptors (Lipinski definition) is 2. The molecule has 1 saturated carbocycles. The van der Waals surface area contributed by atoms with Gasteiger partial charge in [-0.1, -0.05) is 0 Å². The minimum Gasteiger partial charge on any atom is -0.381 e. The minimum atomic E-state index is 0.465. The van der Waals surface area contributed by atoms with E-state index in [0.717, 1.165) is 31.2 Å². The highest BCUT2D eigenvalue weighted by molar-refractivity contribution is 7.80. The molecular weight excluding hydrogens is 208 g/mol. The average Bonchev–Trinajstić information content (AvgIpc) is 3.03. The Morgan fingerprint density at radius 2 is 1.93 bits per heavy atom. The fourth-order valence-corrected chi connectivity index (χ4v) is 2.35. The van der Waals surface area contributed by atoms with E-state index in [9.17, 15) is 0 Å². The van der Waals surface area contributed by atoms with E-state index in [1.165, 1.54) is 12.8 Å². The van der Waals surface area contributed by atoms with Crippen molar-refractivity contribution in [3.8, 4) is 0 Å². The first-order valence-corrected chi connectivity index (χ1v) is 6.31. The van der Waals surface area contributed by atoms with Crippen LogP contribution < -0.4 is 10.6 Å². The molecule has 4 heteroatoms. The third-order valence-corrected chi connectivity index (χ3v) is 3.48. The maximum absolute atomic E-state index is 5.35. The summed E-state index contributed by atoms with van der Waals surface area (Å²) in [7, 11) is 0. The number of rotatable bonds is 3. The quantitative estimate of drug-likeness (QED) is 0.716. The molecule has 0 aromatic heterocycles. The highest BCUT2D eigenvalue weighted by Crippen LogP contribution is 2.20. The lowest BCUT2D eigenvalue weighted by atomic mass is 9.93. The first-order valence-electron chi connectivity index (χ1n) is 5.90. The van der Waals surface area contributed by atoms with Gasteiger partial charge in [-0.05, 0) is 50.7 Å². The molecule has 0 aromatic carbocycles. The number of thiocarbonyl (C=S) groups is 1. The van der Waals surface area contributed by atoms with Crippen molar-refractivity contribution in [2.24, 2.45) is 5.92 Å². The van der Waals surface area contributed by atoms with Crippen LogP contribution in [-0.4, -0.2) is 30.4 Å². The van der Waals surface area contributed by atoms with Gasteiger partial charge in [-0.15, -0.1) is 0 Å². The minimum absolute atomic E-state index is 0.465. The molecule has 86 valence electrons. The van der Waals surface area contributed by atoms with Crippen LogP contribution in [0.1, 0.15) is 32.6 Å². The number of nitrogens with one attached hydrogen (secondary N) is 2. The van der Waals surface area contributed by atoms with Crippen molar-refractivity contribution in [3.05, 3.63) is 0 Å². The summed E-state index contributed by atoms with van der Waals surface area (Å²) < 4.78 is 5.35. The predicted octanol–water partition coefficient (Wildman–Crippen LogP) is 1.43. The van der Waals surface area contributed by atoms with E-state index in [0.29, 0.717) is 18.0 Å². The fourth-order valence-electron chi connectivity index (χ4n) is 2.00. The molecule has 0 radical (unpaired) electrons. The Balaban J connectivity index is 1.69. The molecule has 2 N–H and O–H groups in total. The Morgan fingerprint density at radius 1 is 1.27 bits per heavy atom. The van der Waals surface area contributed by atoms with E-state index < -0.39 is 0 Å². The van der Waals surface area contributed by atoms with Gasteiger partial charge in [-0.2, -0.15) is 0 Å². The molecule has 1 saturated heterocycles.